The molecule has 2 heterocycles. The van der Waals surface area contributed by atoms with Gasteiger partial charge in [0.1, 0.15) is 5.01 Å². The van der Waals surface area contributed by atoms with Crippen molar-refractivity contribution in [2.45, 2.75) is 58.5 Å². The molecule has 0 saturated heterocycles. The summed E-state index contributed by atoms with van der Waals surface area (Å²) in [5, 5.41) is 4.65. The van der Waals surface area contributed by atoms with Crippen molar-refractivity contribution in [3.05, 3.63) is 34.5 Å². The third-order valence-electron chi connectivity index (χ3n) is 3.58. The number of nitrogens with one attached hydrogen (secondary N) is 1. The number of nitrogens with zero attached hydrogens (tertiary/aromatic N) is 2. The molecule has 0 atom stereocenters. The van der Waals surface area contributed by atoms with Crippen molar-refractivity contribution in [1.82, 2.24) is 15.3 Å². The van der Waals surface area contributed by atoms with E-state index >= 15 is 0 Å². The van der Waals surface area contributed by atoms with Crippen LogP contribution < -0.4 is 5.32 Å². The lowest BCUT2D eigenvalue weighted by Gasteiger charge is -2.20. The molecule has 1 N–H and O–H groups in total. The zero-order valence-corrected chi connectivity index (χ0v) is 14.0. The Morgan fingerprint density at radius 3 is 2.62 bits per heavy atom. The molecule has 0 radical (unpaired) electrons. The Labute approximate surface area is 130 Å². The predicted molar refractivity (Wildman–Crippen MR) is 88.6 cm³/mol. The highest BCUT2D eigenvalue weighted by atomic mass is 32.1. The van der Waals surface area contributed by atoms with Crippen molar-refractivity contribution in [1.29, 1.82) is 0 Å². The van der Waals surface area contributed by atoms with E-state index in [-0.39, 0.29) is 5.54 Å². The van der Waals surface area contributed by atoms with Crippen LogP contribution in [0.15, 0.2) is 18.2 Å². The number of thiazole rings is 1. The standard InChI is InChI=1S/C17H23N3S/c1-11-6-5-7-13(19-11)16-20-15(12-8-9-12)14(21-16)10-18-17(2,3)4/h5-7,12,18H,8-10H2,1-4H3. The van der Waals surface area contributed by atoms with E-state index in [0.29, 0.717) is 5.92 Å². The number of pyridine rings is 1. The van der Waals surface area contributed by atoms with Crippen molar-refractivity contribution in [3.63, 3.8) is 0 Å². The first kappa shape index (κ1) is 14.7. The molecule has 0 amide bonds. The van der Waals surface area contributed by atoms with Crippen molar-refractivity contribution < 1.29 is 0 Å². The molecule has 1 saturated carbocycles. The van der Waals surface area contributed by atoms with Crippen LogP contribution in [-0.2, 0) is 6.54 Å². The van der Waals surface area contributed by atoms with Gasteiger partial charge in [-0.2, -0.15) is 0 Å². The van der Waals surface area contributed by atoms with Crippen molar-refractivity contribution >= 4 is 11.3 Å². The molecule has 21 heavy (non-hydrogen) atoms. The second-order valence-electron chi connectivity index (χ2n) is 6.87. The Kier molecular flexibility index (Phi) is 3.84. The van der Waals surface area contributed by atoms with Crippen LogP contribution in [0.1, 0.15) is 55.8 Å². The maximum atomic E-state index is 4.90. The van der Waals surface area contributed by atoms with E-state index < -0.39 is 0 Å². The van der Waals surface area contributed by atoms with Gasteiger partial charge >= 0.3 is 0 Å². The van der Waals surface area contributed by atoms with Gasteiger partial charge in [0.15, 0.2) is 0 Å². The fourth-order valence-corrected chi connectivity index (χ4v) is 3.34. The third kappa shape index (κ3) is 3.69. The second kappa shape index (κ2) is 5.50. The average molecular weight is 301 g/mol. The molecule has 0 spiro atoms. The maximum Gasteiger partial charge on any atom is 0.142 e. The highest BCUT2D eigenvalue weighted by molar-refractivity contribution is 7.15. The number of hydrogen-bond donors (Lipinski definition) is 1. The Hall–Kier alpha value is -1.26. The van der Waals surface area contributed by atoms with Crippen LogP contribution in [0.2, 0.25) is 0 Å². The minimum absolute atomic E-state index is 0.132. The first-order chi connectivity index (χ1) is 9.92. The van der Waals surface area contributed by atoms with Gasteiger partial charge in [0.05, 0.1) is 11.4 Å². The summed E-state index contributed by atoms with van der Waals surface area (Å²) in [5.74, 6) is 0.677. The molecule has 2 aromatic heterocycles. The highest BCUT2D eigenvalue weighted by Gasteiger charge is 2.30. The normalized spacial score (nSPS) is 15.4. The zero-order valence-electron chi connectivity index (χ0n) is 13.2. The van der Waals surface area contributed by atoms with Crippen molar-refractivity contribution in [3.8, 4) is 10.7 Å². The summed E-state index contributed by atoms with van der Waals surface area (Å²) in [5.41, 5.74) is 3.48. The average Bonchev–Trinajstić information content (AvgIpc) is 3.15. The van der Waals surface area contributed by atoms with Crippen LogP contribution >= 0.6 is 11.3 Å². The molecule has 4 heteroatoms. The van der Waals surface area contributed by atoms with E-state index in [9.17, 15) is 0 Å². The molecule has 0 unspecified atom stereocenters. The summed E-state index contributed by atoms with van der Waals surface area (Å²) in [6.45, 7) is 9.54. The fourth-order valence-electron chi connectivity index (χ4n) is 2.28. The fraction of sp³-hybridized carbons (Fsp3) is 0.529. The summed E-state index contributed by atoms with van der Waals surface area (Å²) in [6.07, 6.45) is 2.57. The van der Waals surface area contributed by atoms with Crippen LogP contribution in [0.5, 0.6) is 0 Å². The van der Waals surface area contributed by atoms with Gasteiger partial charge in [-0.1, -0.05) is 6.07 Å². The molecule has 0 aromatic carbocycles. The van der Waals surface area contributed by atoms with E-state index in [0.717, 1.165) is 22.9 Å². The summed E-state index contributed by atoms with van der Waals surface area (Å²) in [4.78, 5) is 10.9. The molecule has 2 aromatic rings. The van der Waals surface area contributed by atoms with Crippen LogP contribution in [0.3, 0.4) is 0 Å². The van der Waals surface area contributed by atoms with Gasteiger partial charge in [0.2, 0.25) is 0 Å². The van der Waals surface area contributed by atoms with Crippen LogP contribution in [0.25, 0.3) is 10.7 Å². The van der Waals surface area contributed by atoms with Crippen molar-refractivity contribution in [2.24, 2.45) is 0 Å². The van der Waals surface area contributed by atoms with Crippen LogP contribution in [0, 0.1) is 6.92 Å². The zero-order chi connectivity index (χ0) is 15.0. The Bertz CT molecular complexity index is 636. The largest absolute Gasteiger partial charge is 0.307 e. The molecule has 1 fully saturated rings. The van der Waals surface area contributed by atoms with Gasteiger partial charge in [0.25, 0.3) is 0 Å². The lowest BCUT2D eigenvalue weighted by molar-refractivity contribution is 0.425. The molecule has 1 aliphatic carbocycles. The Morgan fingerprint density at radius 1 is 1.24 bits per heavy atom. The number of aromatic nitrogens is 2. The molecule has 0 aliphatic heterocycles. The number of rotatable bonds is 4. The minimum atomic E-state index is 0.132. The van der Waals surface area contributed by atoms with Crippen LogP contribution in [0.4, 0.5) is 0 Å². The molecular formula is C17H23N3S. The van der Waals surface area contributed by atoms with E-state index in [1.165, 1.54) is 23.4 Å². The molecule has 3 rings (SSSR count). The van der Waals surface area contributed by atoms with Crippen molar-refractivity contribution in [2.75, 3.05) is 0 Å². The summed E-state index contributed by atoms with van der Waals surface area (Å²) in [6, 6.07) is 6.15. The predicted octanol–water partition coefficient (Wildman–Crippen LogP) is 4.28. The lowest BCUT2D eigenvalue weighted by Crippen LogP contribution is -2.35. The number of hydrogen-bond acceptors (Lipinski definition) is 4. The Morgan fingerprint density at radius 2 is 2.00 bits per heavy atom. The first-order valence-corrected chi connectivity index (χ1v) is 8.43. The highest BCUT2D eigenvalue weighted by Crippen LogP contribution is 2.44. The summed E-state index contributed by atoms with van der Waals surface area (Å²) >= 11 is 1.79. The lowest BCUT2D eigenvalue weighted by atomic mass is 10.1. The van der Waals surface area contributed by atoms with E-state index in [1.54, 1.807) is 11.3 Å². The summed E-state index contributed by atoms with van der Waals surface area (Å²) in [7, 11) is 0. The van der Waals surface area contributed by atoms with Gasteiger partial charge in [-0.15, -0.1) is 11.3 Å². The summed E-state index contributed by atoms with van der Waals surface area (Å²) < 4.78 is 0. The van der Waals surface area contributed by atoms with Gasteiger partial charge < -0.3 is 5.32 Å². The second-order valence-corrected chi connectivity index (χ2v) is 7.95. The van der Waals surface area contributed by atoms with Gasteiger partial charge in [-0.3, -0.25) is 4.98 Å². The van der Waals surface area contributed by atoms with E-state index in [2.05, 4.69) is 43.2 Å². The third-order valence-corrected chi connectivity index (χ3v) is 4.67. The monoisotopic (exact) mass is 301 g/mol. The molecule has 0 bridgehead atoms. The van der Waals surface area contributed by atoms with E-state index in [1.807, 2.05) is 13.0 Å². The first-order valence-electron chi connectivity index (χ1n) is 7.61. The van der Waals surface area contributed by atoms with Gasteiger partial charge in [0, 0.05) is 28.6 Å². The molecule has 3 nitrogen and oxygen atoms in total. The molecule has 1 aliphatic rings. The SMILES string of the molecule is Cc1cccc(-c2nc(C3CC3)c(CNC(C)(C)C)s2)n1. The molecule has 112 valence electrons. The minimum Gasteiger partial charge on any atom is -0.307 e. The van der Waals surface area contributed by atoms with E-state index in [4.69, 9.17) is 4.98 Å². The quantitative estimate of drug-likeness (QED) is 0.916. The van der Waals surface area contributed by atoms with Gasteiger partial charge in [-0.05, 0) is 52.7 Å². The molecular weight excluding hydrogens is 278 g/mol. The topological polar surface area (TPSA) is 37.8 Å². The smallest absolute Gasteiger partial charge is 0.142 e. The number of aryl methyl sites for hydroxylation is 1. The Balaban J connectivity index is 1.89. The maximum absolute atomic E-state index is 4.90. The van der Waals surface area contributed by atoms with Crippen LogP contribution in [-0.4, -0.2) is 15.5 Å². The van der Waals surface area contributed by atoms with Gasteiger partial charge in [-0.25, -0.2) is 4.98 Å².